The van der Waals surface area contributed by atoms with E-state index < -0.39 is 0 Å². The van der Waals surface area contributed by atoms with E-state index in [9.17, 15) is 0 Å². The molecule has 0 amide bonds. The molecule has 0 aromatic rings. The molecule has 16 heavy (non-hydrogen) atoms. The normalized spacial score (nSPS) is 36.9. The van der Waals surface area contributed by atoms with Crippen LogP contribution in [0.25, 0.3) is 0 Å². The Hall–Kier alpha value is -0.120. The van der Waals surface area contributed by atoms with Crippen molar-refractivity contribution in [1.29, 1.82) is 0 Å². The van der Waals surface area contributed by atoms with Crippen LogP contribution in [0.1, 0.15) is 40.0 Å². The van der Waals surface area contributed by atoms with Crippen molar-refractivity contribution in [1.82, 2.24) is 10.2 Å². The summed E-state index contributed by atoms with van der Waals surface area (Å²) in [5, 5.41) is 3.62. The average Bonchev–Trinajstić information content (AvgIpc) is 2.41. The summed E-state index contributed by atoms with van der Waals surface area (Å²) in [6.07, 6.45) is 3.74. The van der Waals surface area contributed by atoms with Crippen molar-refractivity contribution in [3.05, 3.63) is 0 Å². The van der Waals surface area contributed by atoms with Crippen molar-refractivity contribution >= 4 is 0 Å². The van der Waals surface area contributed by atoms with Gasteiger partial charge in [0.15, 0.2) is 0 Å². The highest BCUT2D eigenvalue weighted by atomic mass is 16.5. The molecule has 2 rings (SSSR count). The monoisotopic (exact) mass is 226 g/mol. The Bertz CT molecular complexity index is 234. The number of ether oxygens (including phenoxy) is 1. The van der Waals surface area contributed by atoms with Crippen molar-refractivity contribution in [2.45, 2.75) is 51.1 Å². The standard InChI is InChI=1S/C13H26N2O/c1-12(2)10-15(8-5-7-14-12)13(3)6-4-9-16-11-13/h14H,4-11H2,1-3H3. The smallest absolute Gasteiger partial charge is 0.0647 e. The highest BCUT2D eigenvalue weighted by Crippen LogP contribution is 2.28. The van der Waals surface area contributed by atoms with Crippen molar-refractivity contribution < 1.29 is 4.74 Å². The van der Waals surface area contributed by atoms with Crippen molar-refractivity contribution in [3.63, 3.8) is 0 Å². The zero-order valence-corrected chi connectivity index (χ0v) is 11.0. The van der Waals surface area contributed by atoms with Crippen LogP contribution in [0.4, 0.5) is 0 Å². The lowest BCUT2D eigenvalue weighted by atomic mass is 9.90. The van der Waals surface area contributed by atoms with E-state index in [-0.39, 0.29) is 11.1 Å². The molecular weight excluding hydrogens is 200 g/mol. The second kappa shape index (κ2) is 4.63. The molecule has 3 heteroatoms. The van der Waals surface area contributed by atoms with Crippen LogP contribution in [-0.2, 0) is 4.74 Å². The van der Waals surface area contributed by atoms with Crippen LogP contribution in [0.15, 0.2) is 0 Å². The van der Waals surface area contributed by atoms with E-state index in [1.165, 1.54) is 25.8 Å². The van der Waals surface area contributed by atoms with E-state index in [0.717, 1.165) is 26.3 Å². The Labute approximate surface area is 99.5 Å². The van der Waals surface area contributed by atoms with Gasteiger partial charge in [-0.1, -0.05) is 0 Å². The maximum absolute atomic E-state index is 5.69. The van der Waals surface area contributed by atoms with E-state index in [2.05, 4.69) is 31.0 Å². The predicted octanol–water partition coefficient (Wildman–Crippen LogP) is 1.63. The average molecular weight is 226 g/mol. The van der Waals surface area contributed by atoms with Crippen LogP contribution >= 0.6 is 0 Å². The van der Waals surface area contributed by atoms with Crippen molar-refractivity contribution in [3.8, 4) is 0 Å². The molecule has 2 aliphatic rings. The van der Waals surface area contributed by atoms with Crippen molar-refractivity contribution in [2.24, 2.45) is 0 Å². The summed E-state index contributed by atoms with van der Waals surface area (Å²) in [6.45, 7) is 12.3. The zero-order chi connectivity index (χ0) is 11.6. The van der Waals surface area contributed by atoms with Gasteiger partial charge in [-0.25, -0.2) is 0 Å². The van der Waals surface area contributed by atoms with E-state index in [1.807, 2.05) is 0 Å². The molecule has 0 aliphatic carbocycles. The second-order valence-corrected chi connectivity index (χ2v) is 6.24. The fraction of sp³-hybridized carbons (Fsp3) is 1.00. The van der Waals surface area contributed by atoms with Gasteiger partial charge in [0.1, 0.15) is 0 Å². The Morgan fingerprint density at radius 1 is 1.19 bits per heavy atom. The largest absolute Gasteiger partial charge is 0.380 e. The molecule has 2 heterocycles. The minimum absolute atomic E-state index is 0.233. The molecule has 1 unspecified atom stereocenters. The topological polar surface area (TPSA) is 24.5 Å². The molecule has 0 spiro atoms. The van der Waals surface area contributed by atoms with Crippen LogP contribution in [0, 0.1) is 0 Å². The van der Waals surface area contributed by atoms with Crippen LogP contribution in [-0.4, -0.2) is 48.8 Å². The first kappa shape index (κ1) is 12.3. The van der Waals surface area contributed by atoms with Gasteiger partial charge in [-0.15, -0.1) is 0 Å². The Morgan fingerprint density at radius 2 is 2.00 bits per heavy atom. The quantitative estimate of drug-likeness (QED) is 0.735. The second-order valence-electron chi connectivity index (χ2n) is 6.24. The molecule has 3 nitrogen and oxygen atoms in total. The van der Waals surface area contributed by atoms with Crippen molar-refractivity contribution in [2.75, 3.05) is 32.8 Å². The number of hydrogen-bond acceptors (Lipinski definition) is 3. The molecule has 0 saturated carbocycles. The molecule has 2 aliphatic heterocycles. The van der Waals surface area contributed by atoms with Gasteiger partial charge in [-0.3, -0.25) is 4.90 Å². The first-order valence-electron chi connectivity index (χ1n) is 6.60. The summed E-state index contributed by atoms with van der Waals surface area (Å²) in [7, 11) is 0. The molecular formula is C13H26N2O. The minimum Gasteiger partial charge on any atom is -0.380 e. The number of nitrogens with zero attached hydrogens (tertiary/aromatic N) is 1. The lowest BCUT2D eigenvalue weighted by Gasteiger charge is -2.45. The Balaban J connectivity index is 2.06. The van der Waals surface area contributed by atoms with Crippen LogP contribution in [0.2, 0.25) is 0 Å². The zero-order valence-electron chi connectivity index (χ0n) is 11.0. The van der Waals surface area contributed by atoms with Crippen LogP contribution in [0.5, 0.6) is 0 Å². The van der Waals surface area contributed by atoms with Gasteiger partial charge in [-0.05, 0) is 46.6 Å². The molecule has 0 radical (unpaired) electrons. The predicted molar refractivity (Wildman–Crippen MR) is 66.7 cm³/mol. The van der Waals surface area contributed by atoms with Gasteiger partial charge in [0.2, 0.25) is 0 Å². The fourth-order valence-corrected chi connectivity index (χ4v) is 2.94. The maximum Gasteiger partial charge on any atom is 0.0647 e. The summed E-state index contributed by atoms with van der Waals surface area (Å²) in [5.74, 6) is 0. The summed E-state index contributed by atoms with van der Waals surface area (Å²) in [5.41, 5.74) is 0.499. The third kappa shape index (κ3) is 2.76. The molecule has 1 N–H and O–H groups in total. The Morgan fingerprint density at radius 3 is 2.69 bits per heavy atom. The highest BCUT2D eigenvalue weighted by Gasteiger charge is 2.37. The molecule has 2 fully saturated rings. The molecule has 0 bridgehead atoms. The maximum atomic E-state index is 5.69. The minimum atomic E-state index is 0.233. The molecule has 1 atom stereocenters. The van der Waals surface area contributed by atoms with Gasteiger partial charge < -0.3 is 10.1 Å². The summed E-state index contributed by atoms with van der Waals surface area (Å²) in [6, 6.07) is 0. The number of hydrogen-bond donors (Lipinski definition) is 1. The van der Waals surface area contributed by atoms with E-state index >= 15 is 0 Å². The summed E-state index contributed by atoms with van der Waals surface area (Å²) >= 11 is 0. The fourth-order valence-electron chi connectivity index (χ4n) is 2.94. The Kier molecular flexibility index (Phi) is 3.57. The third-order valence-electron chi connectivity index (χ3n) is 3.97. The van der Waals surface area contributed by atoms with Gasteiger partial charge in [-0.2, -0.15) is 0 Å². The molecule has 94 valence electrons. The SMILES string of the molecule is CC1(C)CN(C2(C)CCCOC2)CCCN1. The van der Waals surface area contributed by atoms with Gasteiger partial charge in [0.05, 0.1) is 6.61 Å². The summed E-state index contributed by atoms with van der Waals surface area (Å²) < 4.78 is 5.69. The lowest BCUT2D eigenvalue weighted by Crippen LogP contribution is -2.57. The first-order valence-corrected chi connectivity index (χ1v) is 6.60. The lowest BCUT2D eigenvalue weighted by molar-refractivity contribution is -0.0439. The highest BCUT2D eigenvalue weighted by molar-refractivity contribution is 4.94. The van der Waals surface area contributed by atoms with Gasteiger partial charge in [0, 0.05) is 30.8 Å². The number of rotatable bonds is 1. The van der Waals surface area contributed by atoms with E-state index in [1.54, 1.807) is 0 Å². The molecule has 2 saturated heterocycles. The van der Waals surface area contributed by atoms with Gasteiger partial charge in [0.25, 0.3) is 0 Å². The molecule has 0 aromatic carbocycles. The molecule has 0 aromatic heterocycles. The summed E-state index contributed by atoms with van der Waals surface area (Å²) in [4.78, 5) is 2.64. The first-order chi connectivity index (χ1) is 7.52. The van der Waals surface area contributed by atoms with E-state index in [4.69, 9.17) is 4.74 Å². The van der Waals surface area contributed by atoms with E-state index in [0.29, 0.717) is 0 Å². The number of nitrogens with one attached hydrogen (secondary N) is 1. The van der Waals surface area contributed by atoms with Gasteiger partial charge >= 0.3 is 0 Å². The van der Waals surface area contributed by atoms with Crippen LogP contribution < -0.4 is 5.32 Å². The third-order valence-corrected chi connectivity index (χ3v) is 3.97. The van der Waals surface area contributed by atoms with Crippen LogP contribution in [0.3, 0.4) is 0 Å².